The monoisotopic (exact) mass is 289 g/mol. The van der Waals surface area contributed by atoms with Gasteiger partial charge in [-0.2, -0.15) is 0 Å². The largest absolute Gasteiger partial charge is 0.367 e. The van der Waals surface area contributed by atoms with Crippen LogP contribution in [0.2, 0.25) is 0 Å². The summed E-state index contributed by atoms with van der Waals surface area (Å²) in [7, 11) is 0. The first-order valence-corrected chi connectivity index (χ1v) is 6.95. The normalized spacial score (nSPS) is 18.5. The van der Waals surface area contributed by atoms with Crippen molar-refractivity contribution in [1.29, 1.82) is 0 Å². The van der Waals surface area contributed by atoms with E-state index in [0.29, 0.717) is 12.2 Å². The summed E-state index contributed by atoms with van der Waals surface area (Å²) >= 11 is 0. The lowest BCUT2D eigenvalue weighted by Gasteiger charge is -2.34. The molecule has 1 aromatic carbocycles. The Kier molecular flexibility index (Phi) is 3.85. The van der Waals surface area contributed by atoms with Gasteiger partial charge in [-0.05, 0) is 25.0 Å². The number of piperidine rings is 1. The molecule has 21 heavy (non-hydrogen) atoms. The van der Waals surface area contributed by atoms with Crippen molar-refractivity contribution in [3.63, 3.8) is 0 Å². The number of nitrogens with zero attached hydrogens (tertiary/aromatic N) is 2. The van der Waals surface area contributed by atoms with Crippen molar-refractivity contribution < 1.29 is 13.7 Å². The molecular weight excluding hydrogens is 273 g/mol. The number of benzene rings is 1. The van der Waals surface area contributed by atoms with Gasteiger partial charge in [0.15, 0.2) is 5.69 Å². The number of halogens is 1. The number of hydrogen-bond acceptors (Lipinski definition) is 4. The number of para-hydroxylation sites is 1. The molecule has 2 heterocycles. The molecule has 0 radical (unpaired) electrons. The minimum atomic E-state index is -0.260. The van der Waals surface area contributed by atoms with Crippen LogP contribution >= 0.6 is 0 Å². The average Bonchev–Trinajstić information content (AvgIpc) is 3.02. The molecule has 6 heteroatoms. The second kappa shape index (κ2) is 5.95. The van der Waals surface area contributed by atoms with Gasteiger partial charge in [-0.15, -0.1) is 0 Å². The maximum atomic E-state index is 13.8. The molecule has 1 atom stereocenters. The van der Waals surface area contributed by atoms with Crippen molar-refractivity contribution in [2.75, 3.05) is 18.0 Å². The Morgan fingerprint density at radius 1 is 1.38 bits per heavy atom. The standard InChI is InChI=1S/C15H16FN3O2/c16-12-5-1-2-6-14(12)19-8-3-4-11(10-19)17-15(20)13-7-9-21-18-13/h1-2,5-7,9,11H,3-4,8,10H2,(H,17,20). The van der Waals surface area contributed by atoms with E-state index in [-0.39, 0.29) is 23.5 Å². The summed E-state index contributed by atoms with van der Waals surface area (Å²) in [4.78, 5) is 13.9. The van der Waals surface area contributed by atoms with Crippen LogP contribution in [0.4, 0.5) is 10.1 Å². The molecule has 0 bridgehead atoms. The number of amides is 1. The highest BCUT2D eigenvalue weighted by Crippen LogP contribution is 2.22. The van der Waals surface area contributed by atoms with E-state index in [0.717, 1.165) is 19.4 Å². The lowest BCUT2D eigenvalue weighted by Crippen LogP contribution is -2.48. The third-order valence-electron chi connectivity index (χ3n) is 3.62. The Hall–Kier alpha value is -2.37. The first kappa shape index (κ1) is 13.6. The van der Waals surface area contributed by atoms with Gasteiger partial charge in [0, 0.05) is 25.2 Å². The molecule has 3 rings (SSSR count). The van der Waals surface area contributed by atoms with Gasteiger partial charge in [-0.1, -0.05) is 17.3 Å². The van der Waals surface area contributed by atoms with Crippen molar-refractivity contribution >= 4 is 11.6 Å². The predicted octanol–water partition coefficient (Wildman–Crippen LogP) is 2.21. The van der Waals surface area contributed by atoms with E-state index in [1.54, 1.807) is 12.1 Å². The molecule has 0 aliphatic carbocycles. The van der Waals surface area contributed by atoms with Crippen LogP contribution in [0.25, 0.3) is 0 Å². The molecule has 1 aliphatic rings. The minimum Gasteiger partial charge on any atom is -0.367 e. The van der Waals surface area contributed by atoms with Gasteiger partial charge in [0.1, 0.15) is 12.1 Å². The zero-order chi connectivity index (χ0) is 14.7. The molecule has 1 aromatic heterocycles. The topological polar surface area (TPSA) is 58.4 Å². The van der Waals surface area contributed by atoms with Crippen molar-refractivity contribution in [2.24, 2.45) is 0 Å². The number of hydrogen-bond donors (Lipinski definition) is 1. The molecule has 1 amide bonds. The van der Waals surface area contributed by atoms with Gasteiger partial charge in [0.25, 0.3) is 5.91 Å². The average molecular weight is 289 g/mol. The maximum Gasteiger partial charge on any atom is 0.273 e. The van der Waals surface area contributed by atoms with Gasteiger partial charge >= 0.3 is 0 Å². The third kappa shape index (κ3) is 3.04. The second-order valence-electron chi connectivity index (χ2n) is 5.09. The summed E-state index contributed by atoms with van der Waals surface area (Å²) in [5.41, 5.74) is 0.843. The highest BCUT2D eigenvalue weighted by atomic mass is 19.1. The summed E-state index contributed by atoms with van der Waals surface area (Å²) in [6.45, 7) is 1.38. The van der Waals surface area contributed by atoms with Gasteiger partial charge in [-0.3, -0.25) is 4.79 Å². The summed E-state index contributed by atoms with van der Waals surface area (Å²) in [6, 6.07) is 8.20. The molecule has 110 valence electrons. The van der Waals surface area contributed by atoms with Crippen LogP contribution in [0.1, 0.15) is 23.3 Å². The molecule has 1 aliphatic heterocycles. The SMILES string of the molecule is O=C(NC1CCCN(c2ccccc2F)C1)c1ccon1. The molecular formula is C15H16FN3O2. The molecule has 5 nitrogen and oxygen atoms in total. The van der Waals surface area contributed by atoms with Crippen LogP contribution in [0, 0.1) is 5.82 Å². The maximum absolute atomic E-state index is 13.8. The number of nitrogens with one attached hydrogen (secondary N) is 1. The molecule has 1 unspecified atom stereocenters. The van der Waals surface area contributed by atoms with E-state index in [4.69, 9.17) is 0 Å². The fourth-order valence-corrected chi connectivity index (χ4v) is 2.61. The molecule has 0 spiro atoms. The third-order valence-corrected chi connectivity index (χ3v) is 3.62. The Morgan fingerprint density at radius 2 is 2.24 bits per heavy atom. The van der Waals surface area contributed by atoms with Crippen LogP contribution in [0.3, 0.4) is 0 Å². The first-order chi connectivity index (χ1) is 10.2. The highest BCUT2D eigenvalue weighted by molar-refractivity contribution is 5.92. The summed E-state index contributed by atoms with van der Waals surface area (Å²) < 4.78 is 18.5. The fourth-order valence-electron chi connectivity index (χ4n) is 2.61. The van der Waals surface area contributed by atoms with Crippen LogP contribution in [-0.4, -0.2) is 30.2 Å². The number of carbonyl (C=O) groups excluding carboxylic acids is 1. The van der Waals surface area contributed by atoms with Gasteiger partial charge in [0.2, 0.25) is 0 Å². The Bertz CT molecular complexity index is 615. The lowest BCUT2D eigenvalue weighted by atomic mass is 10.0. The van der Waals surface area contributed by atoms with Crippen molar-refractivity contribution in [3.8, 4) is 0 Å². The van der Waals surface area contributed by atoms with E-state index >= 15 is 0 Å². The number of rotatable bonds is 3. The Morgan fingerprint density at radius 3 is 3.00 bits per heavy atom. The summed E-state index contributed by atoms with van der Waals surface area (Å²) in [5, 5.41) is 6.53. The van der Waals surface area contributed by atoms with Crippen molar-refractivity contribution in [3.05, 3.63) is 48.1 Å². The van der Waals surface area contributed by atoms with E-state index in [1.165, 1.54) is 18.4 Å². The van der Waals surface area contributed by atoms with E-state index in [9.17, 15) is 9.18 Å². The van der Waals surface area contributed by atoms with Crippen LogP contribution in [0.15, 0.2) is 41.1 Å². The smallest absolute Gasteiger partial charge is 0.273 e. The fraction of sp³-hybridized carbons (Fsp3) is 0.333. The molecule has 0 saturated carbocycles. The zero-order valence-electron chi connectivity index (χ0n) is 11.5. The van der Waals surface area contributed by atoms with Crippen LogP contribution in [-0.2, 0) is 0 Å². The zero-order valence-corrected chi connectivity index (χ0v) is 11.5. The van der Waals surface area contributed by atoms with Crippen LogP contribution in [0.5, 0.6) is 0 Å². The molecule has 1 saturated heterocycles. The Labute approximate surface area is 121 Å². The lowest BCUT2D eigenvalue weighted by molar-refractivity contribution is 0.0924. The van der Waals surface area contributed by atoms with E-state index in [2.05, 4.69) is 15.0 Å². The second-order valence-corrected chi connectivity index (χ2v) is 5.09. The number of aromatic nitrogens is 1. The van der Waals surface area contributed by atoms with Gasteiger partial charge in [-0.25, -0.2) is 4.39 Å². The van der Waals surface area contributed by atoms with Crippen LogP contribution < -0.4 is 10.2 Å². The van der Waals surface area contributed by atoms with Gasteiger partial charge in [0.05, 0.1) is 5.69 Å². The minimum absolute atomic E-state index is 0.0254. The number of anilines is 1. The predicted molar refractivity (Wildman–Crippen MR) is 75.6 cm³/mol. The van der Waals surface area contributed by atoms with Crippen molar-refractivity contribution in [2.45, 2.75) is 18.9 Å². The summed E-state index contributed by atoms with van der Waals surface area (Å²) in [5.74, 6) is -0.495. The quantitative estimate of drug-likeness (QED) is 0.941. The molecule has 1 fully saturated rings. The number of carbonyl (C=O) groups is 1. The van der Waals surface area contributed by atoms with Crippen molar-refractivity contribution in [1.82, 2.24) is 10.5 Å². The Balaban J connectivity index is 1.66. The first-order valence-electron chi connectivity index (χ1n) is 6.95. The van der Waals surface area contributed by atoms with E-state index in [1.807, 2.05) is 11.0 Å². The molecule has 2 aromatic rings. The summed E-state index contributed by atoms with van der Waals surface area (Å²) in [6.07, 6.45) is 3.13. The van der Waals surface area contributed by atoms with Gasteiger partial charge < -0.3 is 14.7 Å². The highest BCUT2D eigenvalue weighted by Gasteiger charge is 2.24. The van der Waals surface area contributed by atoms with E-state index < -0.39 is 0 Å². The molecule has 1 N–H and O–H groups in total.